The minimum Gasteiger partial charge on any atom is -0.484 e. The van der Waals surface area contributed by atoms with Crippen LogP contribution in [0.2, 0.25) is 0 Å². The van der Waals surface area contributed by atoms with E-state index in [2.05, 4.69) is 15.5 Å². The molecular weight excluding hydrogens is 314 g/mol. The quantitative estimate of drug-likeness (QED) is 0.748. The Bertz CT molecular complexity index is 643. The number of aryl methyl sites for hydroxylation is 1. The molecule has 0 spiro atoms. The predicted molar refractivity (Wildman–Crippen MR) is 88.4 cm³/mol. The first-order valence-corrected chi connectivity index (χ1v) is 8.43. The maximum Gasteiger partial charge on any atom is 0.277 e. The summed E-state index contributed by atoms with van der Waals surface area (Å²) in [5, 5.41) is 11.0. The van der Waals surface area contributed by atoms with Gasteiger partial charge >= 0.3 is 0 Å². The fourth-order valence-electron chi connectivity index (χ4n) is 1.70. The van der Waals surface area contributed by atoms with E-state index in [-0.39, 0.29) is 18.3 Å². The number of nitrogens with one attached hydrogen (secondary N) is 1. The van der Waals surface area contributed by atoms with Gasteiger partial charge in [-0.15, -0.1) is 10.2 Å². The highest BCUT2D eigenvalue weighted by atomic mass is 32.2. The molecule has 0 bridgehead atoms. The summed E-state index contributed by atoms with van der Waals surface area (Å²) in [6.07, 6.45) is 0. The zero-order chi connectivity index (χ0) is 16.7. The number of carbonyl (C=O) groups excluding carboxylic acids is 1. The highest BCUT2D eigenvalue weighted by Crippen LogP contribution is 2.18. The van der Waals surface area contributed by atoms with E-state index in [4.69, 9.17) is 9.15 Å². The van der Waals surface area contributed by atoms with Crippen molar-refractivity contribution in [2.45, 2.75) is 32.6 Å². The van der Waals surface area contributed by atoms with Crippen LogP contribution in [0.1, 0.15) is 25.3 Å². The van der Waals surface area contributed by atoms with Crippen LogP contribution in [-0.2, 0) is 11.4 Å². The maximum absolute atomic E-state index is 11.6. The van der Waals surface area contributed by atoms with Crippen LogP contribution >= 0.6 is 11.8 Å². The third-order valence-corrected chi connectivity index (χ3v) is 3.65. The largest absolute Gasteiger partial charge is 0.484 e. The molecule has 1 aromatic carbocycles. The smallest absolute Gasteiger partial charge is 0.277 e. The van der Waals surface area contributed by atoms with Crippen LogP contribution in [0.25, 0.3) is 0 Å². The fraction of sp³-hybridized carbons (Fsp3) is 0.438. The number of aromatic nitrogens is 2. The molecule has 0 aliphatic carbocycles. The summed E-state index contributed by atoms with van der Waals surface area (Å²) in [5.74, 6) is 1.78. The average Bonchev–Trinajstić information content (AvgIpc) is 2.97. The number of carbonyl (C=O) groups is 1. The minimum absolute atomic E-state index is 0.0422. The summed E-state index contributed by atoms with van der Waals surface area (Å²) >= 11 is 1.22. The normalized spacial score (nSPS) is 10.8. The Kier molecular flexibility index (Phi) is 6.46. The fourth-order valence-corrected chi connectivity index (χ4v) is 2.31. The zero-order valence-electron chi connectivity index (χ0n) is 13.5. The van der Waals surface area contributed by atoms with Gasteiger partial charge in [0.15, 0.2) is 6.61 Å². The van der Waals surface area contributed by atoms with E-state index in [0.29, 0.717) is 23.6 Å². The van der Waals surface area contributed by atoms with Crippen LogP contribution in [0.3, 0.4) is 0 Å². The molecule has 2 aromatic rings. The molecule has 23 heavy (non-hydrogen) atoms. The topological polar surface area (TPSA) is 77.2 Å². The Morgan fingerprint density at radius 1 is 1.39 bits per heavy atom. The Morgan fingerprint density at radius 3 is 2.96 bits per heavy atom. The molecule has 0 aliphatic heterocycles. The van der Waals surface area contributed by atoms with Crippen molar-refractivity contribution in [2.24, 2.45) is 5.92 Å². The van der Waals surface area contributed by atoms with Gasteiger partial charge in [0.1, 0.15) is 5.75 Å². The van der Waals surface area contributed by atoms with Crippen molar-refractivity contribution in [1.82, 2.24) is 15.5 Å². The summed E-state index contributed by atoms with van der Waals surface area (Å²) in [6.45, 7) is 6.96. The van der Waals surface area contributed by atoms with E-state index in [9.17, 15) is 4.79 Å². The molecule has 1 aromatic heterocycles. The van der Waals surface area contributed by atoms with Crippen LogP contribution in [0.5, 0.6) is 5.75 Å². The van der Waals surface area contributed by atoms with Crippen LogP contribution in [-0.4, -0.2) is 28.4 Å². The molecule has 0 fully saturated rings. The molecule has 0 unspecified atom stereocenters. The third-order valence-electron chi connectivity index (χ3n) is 2.83. The Labute approximate surface area is 140 Å². The summed E-state index contributed by atoms with van der Waals surface area (Å²) in [4.78, 5) is 11.6. The second kappa shape index (κ2) is 8.57. The standard InChI is InChI=1S/C16H21N3O3S/c1-11(2)8-17-14(20)10-23-16-19-18-15(22-16)9-21-13-6-4-5-12(3)7-13/h4-7,11H,8-10H2,1-3H3,(H,17,20). The molecule has 0 radical (unpaired) electrons. The van der Waals surface area contributed by atoms with Gasteiger partial charge in [-0.1, -0.05) is 37.7 Å². The van der Waals surface area contributed by atoms with Crippen molar-refractivity contribution in [2.75, 3.05) is 12.3 Å². The van der Waals surface area contributed by atoms with Gasteiger partial charge in [0.05, 0.1) is 5.75 Å². The lowest BCUT2D eigenvalue weighted by atomic mass is 10.2. The summed E-state index contributed by atoms with van der Waals surface area (Å²) in [7, 11) is 0. The predicted octanol–water partition coefficient (Wildman–Crippen LogP) is 2.82. The molecule has 0 aliphatic rings. The second-order valence-corrected chi connectivity index (χ2v) is 6.48. The first kappa shape index (κ1) is 17.3. The zero-order valence-corrected chi connectivity index (χ0v) is 14.4. The van der Waals surface area contributed by atoms with E-state index >= 15 is 0 Å². The number of ether oxygens (including phenoxy) is 1. The molecule has 1 heterocycles. The number of rotatable bonds is 8. The summed E-state index contributed by atoms with van der Waals surface area (Å²) < 4.78 is 11.0. The number of nitrogens with zero attached hydrogens (tertiary/aromatic N) is 2. The summed E-state index contributed by atoms with van der Waals surface area (Å²) in [5.41, 5.74) is 1.12. The average molecular weight is 335 g/mol. The number of thioether (sulfide) groups is 1. The van der Waals surface area contributed by atoms with Crippen molar-refractivity contribution in [3.05, 3.63) is 35.7 Å². The number of amides is 1. The van der Waals surface area contributed by atoms with Gasteiger partial charge in [-0.05, 0) is 30.5 Å². The third kappa shape index (κ3) is 6.32. The van der Waals surface area contributed by atoms with Crippen LogP contribution in [0, 0.1) is 12.8 Å². The highest BCUT2D eigenvalue weighted by Gasteiger charge is 2.10. The van der Waals surface area contributed by atoms with Gasteiger partial charge < -0.3 is 14.5 Å². The lowest BCUT2D eigenvalue weighted by Crippen LogP contribution is -2.28. The van der Waals surface area contributed by atoms with Gasteiger partial charge in [0, 0.05) is 6.54 Å². The van der Waals surface area contributed by atoms with E-state index in [1.54, 1.807) is 0 Å². The maximum atomic E-state index is 11.6. The molecule has 0 atom stereocenters. The van der Waals surface area contributed by atoms with Gasteiger partial charge in [0.2, 0.25) is 5.91 Å². The molecule has 2 rings (SSSR count). The van der Waals surface area contributed by atoms with Crippen molar-refractivity contribution in [3.63, 3.8) is 0 Å². The van der Waals surface area contributed by atoms with E-state index in [1.807, 2.05) is 45.0 Å². The molecule has 0 saturated carbocycles. The molecule has 1 amide bonds. The van der Waals surface area contributed by atoms with E-state index < -0.39 is 0 Å². The van der Waals surface area contributed by atoms with Gasteiger partial charge in [-0.2, -0.15) is 0 Å². The van der Waals surface area contributed by atoms with Crippen molar-refractivity contribution in [3.8, 4) is 5.75 Å². The molecule has 1 N–H and O–H groups in total. The number of hydrogen-bond acceptors (Lipinski definition) is 6. The van der Waals surface area contributed by atoms with E-state index in [0.717, 1.165) is 11.3 Å². The van der Waals surface area contributed by atoms with Crippen LogP contribution < -0.4 is 10.1 Å². The van der Waals surface area contributed by atoms with Crippen molar-refractivity contribution in [1.29, 1.82) is 0 Å². The van der Waals surface area contributed by atoms with Crippen molar-refractivity contribution >= 4 is 17.7 Å². The second-order valence-electron chi connectivity index (χ2n) is 5.55. The molecule has 124 valence electrons. The number of benzene rings is 1. The van der Waals surface area contributed by atoms with Gasteiger partial charge in [0.25, 0.3) is 11.1 Å². The van der Waals surface area contributed by atoms with E-state index in [1.165, 1.54) is 11.8 Å². The Morgan fingerprint density at radius 2 is 2.22 bits per heavy atom. The SMILES string of the molecule is Cc1cccc(OCc2nnc(SCC(=O)NCC(C)C)o2)c1. The monoisotopic (exact) mass is 335 g/mol. The Balaban J connectivity index is 1.76. The lowest BCUT2D eigenvalue weighted by Gasteiger charge is -2.05. The molecular formula is C16H21N3O3S. The highest BCUT2D eigenvalue weighted by molar-refractivity contribution is 7.99. The summed E-state index contributed by atoms with van der Waals surface area (Å²) in [6, 6.07) is 7.73. The van der Waals surface area contributed by atoms with Crippen LogP contribution in [0.4, 0.5) is 0 Å². The molecule has 7 heteroatoms. The molecule has 0 saturated heterocycles. The van der Waals surface area contributed by atoms with Crippen LogP contribution in [0.15, 0.2) is 33.9 Å². The van der Waals surface area contributed by atoms with Crippen molar-refractivity contribution < 1.29 is 13.9 Å². The first-order chi connectivity index (χ1) is 11.0. The first-order valence-electron chi connectivity index (χ1n) is 7.44. The lowest BCUT2D eigenvalue weighted by molar-refractivity contribution is -0.118. The Hall–Kier alpha value is -2.02. The minimum atomic E-state index is -0.0422. The molecule has 6 nitrogen and oxygen atoms in total. The van der Waals surface area contributed by atoms with Gasteiger partial charge in [-0.25, -0.2) is 0 Å². The number of hydrogen-bond donors (Lipinski definition) is 1. The van der Waals surface area contributed by atoms with Gasteiger partial charge in [-0.3, -0.25) is 4.79 Å².